The van der Waals surface area contributed by atoms with Crippen LogP contribution in [0.4, 0.5) is 4.79 Å². The smallest absolute Gasteiger partial charge is 0.319 e. The van der Waals surface area contributed by atoms with Gasteiger partial charge in [0.25, 0.3) is 5.91 Å². The second kappa shape index (κ2) is 7.49. The van der Waals surface area contributed by atoms with Crippen LogP contribution in [0.1, 0.15) is 23.2 Å². The normalized spacial score (nSPS) is 24.9. The van der Waals surface area contributed by atoms with E-state index in [9.17, 15) is 14.4 Å². The van der Waals surface area contributed by atoms with Crippen molar-refractivity contribution in [3.05, 3.63) is 29.8 Å². The van der Waals surface area contributed by atoms with Gasteiger partial charge in [0.1, 0.15) is 5.75 Å². The Morgan fingerprint density at radius 1 is 1.07 bits per heavy atom. The van der Waals surface area contributed by atoms with Gasteiger partial charge in [-0.05, 0) is 37.1 Å². The van der Waals surface area contributed by atoms with E-state index in [4.69, 9.17) is 4.74 Å². The molecule has 0 bridgehead atoms. The maximum Gasteiger partial charge on any atom is 0.319 e. The molecular formula is C22H30N4O4. The minimum Gasteiger partial charge on any atom is -0.497 e. The van der Waals surface area contributed by atoms with Gasteiger partial charge in [0.2, 0.25) is 5.91 Å². The number of hydrogen-bond acceptors (Lipinski definition) is 4. The molecule has 0 N–H and O–H groups in total. The number of carbonyl (C=O) groups is 3. The van der Waals surface area contributed by atoms with Gasteiger partial charge in [-0.15, -0.1) is 0 Å². The van der Waals surface area contributed by atoms with Crippen LogP contribution in [-0.2, 0) is 4.79 Å². The first-order chi connectivity index (χ1) is 14.3. The number of urea groups is 1. The number of likely N-dealkylation sites (tertiary alicyclic amines) is 3. The van der Waals surface area contributed by atoms with Crippen molar-refractivity contribution < 1.29 is 19.1 Å². The van der Waals surface area contributed by atoms with E-state index < -0.39 is 0 Å². The summed E-state index contributed by atoms with van der Waals surface area (Å²) in [5, 5.41) is 0. The number of ether oxygens (including phenoxy) is 1. The molecule has 3 saturated heterocycles. The maximum absolute atomic E-state index is 13.0. The first-order valence-electron chi connectivity index (χ1n) is 10.5. The van der Waals surface area contributed by atoms with Crippen LogP contribution in [0.15, 0.2) is 24.3 Å². The van der Waals surface area contributed by atoms with E-state index in [1.807, 2.05) is 16.8 Å². The molecule has 3 aliphatic heterocycles. The number of rotatable bonds is 2. The van der Waals surface area contributed by atoms with Crippen LogP contribution in [0.3, 0.4) is 0 Å². The summed E-state index contributed by atoms with van der Waals surface area (Å²) >= 11 is 0. The maximum atomic E-state index is 13.0. The van der Waals surface area contributed by atoms with Crippen LogP contribution >= 0.6 is 0 Å². The van der Waals surface area contributed by atoms with E-state index in [0.29, 0.717) is 31.7 Å². The van der Waals surface area contributed by atoms with Crippen molar-refractivity contribution in [3.63, 3.8) is 0 Å². The highest BCUT2D eigenvalue weighted by molar-refractivity contribution is 5.94. The van der Waals surface area contributed by atoms with Crippen LogP contribution in [-0.4, -0.2) is 97.4 Å². The van der Waals surface area contributed by atoms with E-state index in [1.165, 1.54) is 0 Å². The Morgan fingerprint density at radius 2 is 1.70 bits per heavy atom. The van der Waals surface area contributed by atoms with Crippen molar-refractivity contribution in [2.45, 2.75) is 18.4 Å². The van der Waals surface area contributed by atoms with Crippen LogP contribution < -0.4 is 4.74 Å². The fraction of sp³-hybridized carbons (Fsp3) is 0.591. The van der Waals surface area contributed by atoms with Crippen molar-refractivity contribution in [2.75, 3.05) is 54.4 Å². The SMILES string of the molecule is COc1ccc(C(=O)N2CCC3(CC2)[C@H]2CN(C(=O)N(C)C)C[C@H]2C(=O)N3C)cc1. The number of piperidine rings is 1. The average molecular weight is 415 g/mol. The summed E-state index contributed by atoms with van der Waals surface area (Å²) in [5.74, 6) is 0.843. The van der Waals surface area contributed by atoms with Crippen molar-refractivity contribution in [1.29, 1.82) is 0 Å². The van der Waals surface area contributed by atoms with E-state index in [-0.39, 0.29) is 35.2 Å². The minimum atomic E-state index is -0.278. The molecule has 3 aliphatic rings. The number of amides is 4. The Morgan fingerprint density at radius 3 is 2.27 bits per heavy atom. The number of fused-ring (bicyclic) bond motifs is 2. The van der Waals surface area contributed by atoms with Gasteiger partial charge in [0, 0.05) is 58.8 Å². The van der Waals surface area contributed by atoms with Crippen molar-refractivity contribution in [1.82, 2.24) is 19.6 Å². The zero-order chi connectivity index (χ0) is 21.6. The Labute approximate surface area is 177 Å². The number of benzene rings is 1. The average Bonchev–Trinajstić information content (AvgIpc) is 3.29. The van der Waals surface area contributed by atoms with Gasteiger partial charge in [0.15, 0.2) is 0 Å². The molecule has 0 radical (unpaired) electrons. The van der Waals surface area contributed by atoms with E-state index >= 15 is 0 Å². The highest BCUT2D eigenvalue weighted by atomic mass is 16.5. The first-order valence-corrected chi connectivity index (χ1v) is 10.5. The molecule has 162 valence electrons. The van der Waals surface area contributed by atoms with Gasteiger partial charge in [0.05, 0.1) is 18.6 Å². The summed E-state index contributed by atoms with van der Waals surface area (Å²) in [5.41, 5.74) is 0.365. The first kappa shape index (κ1) is 20.5. The summed E-state index contributed by atoms with van der Waals surface area (Å²) in [6.07, 6.45) is 1.48. The van der Waals surface area contributed by atoms with Crippen LogP contribution in [0.5, 0.6) is 5.75 Å². The topological polar surface area (TPSA) is 73.4 Å². The molecule has 0 aromatic heterocycles. The monoisotopic (exact) mass is 414 g/mol. The lowest BCUT2D eigenvalue weighted by Gasteiger charge is -2.46. The lowest BCUT2D eigenvalue weighted by atomic mass is 9.75. The Bertz CT molecular complexity index is 845. The summed E-state index contributed by atoms with van der Waals surface area (Å²) < 4.78 is 5.17. The van der Waals surface area contributed by atoms with Gasteiger partial charge in [-0.3, -0.25) is 9.59 Å². The second-order valence-electron chi connectivity index (χ2n) is 8.82. The molecule has 3 heterocycles. The fourth-order valence-corrected chi connectivity index (χ4v) is 5.47. The number of nitrogens with zero attached hydrogens (tertiary/aromatic N) is 4. The van der Waals surface area contributed by atoms with Crippen molar-refractivity contribution in [2.24, 2.45) is 11.8 Å². The Kier molecular flexibility index (Phi) is 5.11. The summed E-state index contributed by atoms with van der Waals surface area (Å²) in [6, 6.07) is 7.12. The lowest BCUT2D eigenvalue weighted by molar-refractivity contribution is -0.133. The van der Waals surface area contributed by atoms with Crippen molar-refractivity contribution >= 4 is 17.8 Å². The molecular weight excluding hydrogens is 384 g/mol. The summed E-state index contributed by atoms with van der Waals surface area (Å²) in [4.78, 5) is 45.5. The predicted octanol–water partition coefficient (Wildman–Crippen LogP) is 1.37. The third-order valence-corrected chi connectivity index (χ3v) is 7.23. The van der Waals surface area contributed by atoms with Crippen LogP contribution in [0.25, 0.3) is 0 Å². The van der Waals surface area contributed by atoms with Gasteiger partial charge < -0.3 is 24.3 Å². The molecule has 8 nitrogen and oxygen atoms in total. The quantitative estimate of drug-likeness (QED) is 0.733. The molecule has 8 heteroatoms. The van der Waals surface area contributed by atoms with E-state index in [1.54, 1.807) is 55.3 Å². The highest BCUT2D eigenvalue weighted by Crippen LogP contribution is 2.49. The highest BCUT2D eigenvalue weighted by Gasteiger charge is 2.61. The molecule has 1 aromatic rings. The third kappa shape index (κ3) is 3.09. The molecule has 4 amide bonds. The van der Waals surface area contributed by atoms with Crippen molar-refractivity contribution in [3.8, 4) is 5.75 Å². The lowest BCUT2D eigenvalue weighted by Crippen LogP contribution is -2.57. The van der Waals surface area contributed by atoms with Crippen LogP contribution in [0, 0.1) is 11.8 Å². The van der Waals surface area contributed by atoms with Gasteiger partial charge in [-0.2, -0.15) is 0 Å². The van der Waals surface area contributed by atoms with Gasteiger partial charge >= 0.3 is 6.03 Å². The molecule has 0 unspecified atom stereocenters. The number of hydrogen-bond donors (Lipinski definition) is 0. The van der Waals surface area contributed by atoms with E-state index in [2.05, 4.69) is 0 Å². The molecule has 4 rings (SSSR count). The predicted molar refractivity (Wildman–Crippen MR) is 111 cm³/mol. The Hall–Kier alpha value is -2.77. The standard InChI is InChI=1S/C22H30N4O4/c1-23(2)21(29)26-13-17-18(14-26)22(24(3)20(17)28)9-11-25(12-10-22)19(27)15-5-7-16(30-4)8-6-15/h5-8,17-18H,9-14H2,1-4H3/t17-,18+/m1/s1. The number of methoxy groups -OCH3 is 1. The fourth-order valence-electron chi connectivity index (χ4n) is 5.47. The largest absolute Gasteiger partial charge is 0.497 e. The third-order valence-electron chi connectivity index (χ3n) is 7.23. The summed E-state index contributed by atoms with van der Waals surface area (Å²) in [7, 11) is 6.97. The van der Waals surface area contributed by atoms with Gasteiger partial charge in [-0.1, -0.05) is 0 Å². The number of carbonyl (C=O) groups excluding carboxylic acids is 3. The molecule has 3 fully saturated rings. The molecule has 1 aromatic carbocycles. The molecule has 0 saturated carbocycles. The van der Waals surface area contributed by atoms with E-state index in [0.717, 1.165) is 18.6 Å². The second-order valence-corrected chi connectivity index (χ2v) is 8.82. The zero-order valence-corrected chi connectivity index (χ0v) is 18.1. The van der Waals surface area contributed by atoms with Crippen LogP contribution in [0.2, 0.25) is 0 Å². The Balaban J connectivity index is 1.47. The molecule has 30 heavy (non-hydrogen) atoms. The zero-order valence-electron chi connectivity index (χ0n) is 18.1. The minimum absolute atomic E-state index is 0.00636. The van der Waals surface area contributed by atoms with Gasteiger partial charge in [-0.25, -0.2) is 4.79 Å². The summed E-state index contributed by atoms with van der Waals surface area (Å²) in [6.45, 7) is 2.30. The molecule has 2 atom stereocenters. The molecule has 1 spiro atoms. The molecule has 0 aliphatic carbocycles.